The molecule has 3 heteroatoms. The normalized spacial score (nSPS) is 13.1. The van der Waals surface area contributed by atoms with Crippen molar-refractivity contribution in [1.29, 1.82) is 0 Å². The number of hydrogen-bond acceptors (Lipinski definition) is 2. The third kappa shape index (κ3) is 4.64. The standard InChI is InChI=1S/C17H28N2O/c1-6-19(12-14-10-8-7-9-13(14)2)16(20)11-15(18)17(3,4)5/h7-10,15H,6,11-12,18H2,1-5H3. The van der Waals surface area contributed by atoms with Crippen molar-refractivity contribution in [2.75, 3.05) is 6.54 Å². The van der Waals surface area contributed by atoms with Gasteiger partial charge in [0, 0.05) is 25.6 Å². The highest BCUT2D eigenvalue weighted by molar-refractivity contribution is 5.77. The van der Waals surface area contributed by atoms with Crippen molar-refractivity contribution in [1.82, 2.24) is 4.90 Å². The predicted molar refractivity (Wildman–Crippen MR) is 84.3 cm³/mol. The molecular formula is C17H28N2O. The third-order valence-electron chi connectivity index (χ3n) is 3.86. The molecule has 2 N–H and O–H groups in total. The summed E-state index contributed by atoms with van der Waals surface area (Å²) in [5.41, 5.74) is 8.50. The van der Waals surface area contributed by atoms with Crippen molar-refractivity contribution >= 4 is 5.91 Å². The van der Waals surface area contributed by atoms with Crippen molar-refractivity contribution in [2.45, 2.75) is 53.6 Å². The highest BCUT2D eigenvalue weighted by Crippen LogP contribution is 2.21. The molecule has 1 aromatic rings. The SMILES string of the molecule is CCN(Cc1ccccc1C)C(=O)CC(N)C(C)(C)C. The van der Waals surface area contributed by atoms with Gasteiger partial charge in [-0.05, 0) is 30.4 Å². The summed E-state index contributed by atoms with van der Waals surface area (Å²) in [6, 6.07) is 8.08. The molecule has 0 spiro atoms. The van der Waals surface area contributed by atoms with Crippen molar-refractivity contribution in [2.24, 2.45) is 11.1 Å². The molecule has 0 heterocycles. The number of rotatable bonds is 5. The molecule has 1 atom stereocenters. The maximum Gasteiger partial charge on any atom is 0.224 e. The van der Waals surface area contributed by atoms with Gasteiger partial charge in [-0.3, -0.25) is 4.79 Å². The van der Waals surface area contributed by atoms with Crippen molar-refractivity contribution < 1.29 is 4.79 Å². The van der Waals surface area contributed by atoms with E-state index in [2.05, 4.69) is 39.8 Å². The fraction of sp³-hybridized carbons (Fsp3) is 0.588. The first-order valence-electron chi connectivity index (χ1n) is 7.33. The molecule has 3 nitrogen and oxygen atoms in total. The van der Waals surface area contributed by atoms with Gasteiger partial charge in [0.2, 0.25) is 5.91 Å². The summed E-state index contributed by atoms with van der Waals surface area (Å²) in [6.45, 7) is 11.7. The number of nitrogens with two attached hydrogens (primary N) is 1. The topological polar surface area (TPSA) is 46.3 Å². The Bertz CT molecular complexity index is 449. The van der Waals surface area contributed by atoms with Gasteiger partial charge in [-0.25, -0.2) is 0 Å². The summed E-state index contributed by atoms with van der Waals surface area (Å²) in [7, 11) is 0. The van der Waals surface area contributed by atoms with Crippen LogP contribution in [0.15, 0.2) is 24.3 Å². The monoisotopic (exact) mass is 276 g/mol. The minimum atomic E-state index is -0.110. The maximum atomic E-state index is 12.4. The molecule has 0 aromatic heterocycles. The Morgan fingerprint density at radius 2 is 1.90 bits per heavy atom. The molecule has 0 bridgehead atoms. The van der Waals surface area contributed by atoms with Crippen LogP contribution in [0.2, 0.25) is 0 Å². The first kappa shape index (κ1) is 16.7. The number of carbonyl (C=O) groups is 1. The zero-order chi connectivity index (χ0) is 15.3. The maximum absolute atomic E-state index is 12.4. The molecule has 0 saturated heterocycles. The fourth-order valence-corrected chi connectivity index (χ4v) is 1.99. The number of hydrogen-bond donors (Lipinski definition) is 1. The molecule has 112 valence electrons. The Hall–Kier alpha value is -1.35. The van der Waals surface area contributed by atoms with Crippen LogP contribution in [0.5, 0.6) is 0 Å². The van der Waals surface area contributed by atoms with Gasteiger partial charge < -0.3 is 10.6 Å². The van der Waals surface area contributed by atoms with Crippen LogP contribution in [-0.2, 0) is 11.3 Å². The van der Waals surface area contributed by atoms with Crippen LogP contribution in [0.3, 0.4) is 0 Å². The van der Waals surface area contributed by atoms with Crippen molar-refractivity contribution in [3.05, 3.63) is 35.4 Å². The lowest BCUT2D eigenvalue weighted by atomic mass is 9.85. The lowest BCUT2D eigenvalue weighted by Crippen LogP contribution is -2.41. The summed E-state index contributed by atoms with van der Waals surface area (Å²) >= 11 is 0. The Morgan fingerprint density at radius 3 is 2.40 bits per heavy atom. The minimum Gasteiger partial charge on any atom is -0.339 e. The Morgan fingerprint density at radius 1 is 1.30 bits per heavy atom. The molecule has 0 aliphatic carbocycles. The van der Waals surface area contributed by atoms with Gasteiger partial charge in [-0.1, -0.05) is 45.0 Å². The van der Waals surface area contributed by atoms with E-state index >= 15 is 0 Å². The zero-order valence-electron chi connectivity index (χ0n) is 13.4. The minimum absolute atomic E-state index is 0.0439. The van der Waals surface area contributed by atoms with Gasteiger partial charge in [0.1, 0.15) is 0 Å². The molecule has 0 aliphatic rings. The molecule has 20 heavy (non-hydrogen) atoms. The van der Waals surface area contributed by atoms with Crippen LogP contribution in [-0.4, -0.2) is 23.4 Å². The largest absolute Gasteiger partial charge is 0.339 e. The molecule has 0 radical (unpaired) electrons. The molecule has 0 fully saturated rings. The van der Waals surface area contributed by atoms with Crippen LogP contribution in [0, 0.1) is 12.3 Å². The van der Waals surface area contributed by atoms with Crippen LogP contribution < -0.4 is 5.73 Å². The quantitative estimate of drug-likeness (QED) is 0.898. The van der Waals surface area contributed by atoms with E-state index < -0.39 is 0 Å². The van der Waals surface area contributed by atoms with E-state index in [4.69, 9.17) is 5.73 Å². The predicted octanol–water partition coefficient (Wildman–Crippen LogP) is 3.11. The van der Waals surface area contributed by atoms with E-state index in [1.807, 2.05) is 24.0 Å². The summed E-state index contributed by atoms with van der Waals surface area (Å²) in [4.78, 5) is 14.3. The first-order valence-corrected chi connectivity index (χ1v) is 7.33. The van der Waals surface area contributed by atoms with E-state index in [0.717, 1.165) is 0 Å². The van der Waals surface area contributed by atoms with E-state index in [1.54, 1.807) is 0 Å². The second-order valence-corrected chi connectivity index (χ2v) is 6.51. The van der Waals surface area contributed by atoms with E-state index in [1.165, 1.54) is 11.1 Å². The molecule has 1 unspecified atom stereocenters. The molecule has 0 saturated carbocycles. The highest BCUT2D eigenvalue weighted by Gasteiger charge is 2.25. The second-order valence-electron chi connectivity index (χ2n) is 6.51. The number of nitrogens with zero attached hydrogens (tertiary/aromatic N) is 1. The van der Waals surface area contributed by atoms with Gasteiger partial charge >= 0.3 is 0 Å². The van der Waals surface area contributed by atoms with Crippen LogP contribution in [0.25, 0.3) is 0 Å². The van der Waals surface area contributed by atoms with E-state index in [9.17, 15) is 4.79 Å². The van der Waals surface area contributed by atoms with Crippen LogP contribution >= 0.6 is 0 Å². The Balaban J connectivity index is 2.72. The average Bonchev–Trinajstić information content (AvgIpc) is 2.36. The van der Waals surface area contributed by atoms with Gasteiger partial charge in [0.25, 0.3) is 0 Å². The summed E-state index contributed by atoms with van der Waals surface area (Å²) < 4.78 is 0. The lowest BCUT2D eigenvalue weighted by Gasteiger charge is -2.29. The van der Waals surface area contributed by atoms with Crippen LogP contribution in [0.4, 0.5) is 0 Å². The number of amides is 1. The number of benzene rings is 1. The fourth-order valence-electron chi connectivity index (χ4n) is 1.99. The molecular weight excluding hydrogens is 248 g/mol. The smallest absolute Gasteiger partial charge is 0.224 e. The van der Waals surface area contributed by atoms with Crippen molar-refractivity contribution in [3.63, 3.8) is 0 Å². The highest BCUT2D eigenvalue weighted by atomic mass is 16.2. The zero-order valence-corrected chi connectivity index (χ0v) is 13.4. The summed E-state index contributed by atoms with van der Waals surface area (Å²) in [5, 5.41) is 0. The Kier molecular flexibility index (Phi) is 5.75. The van der Waals surface area contributed by atoms with Gasteiger partial charge in [-0.2, -0.15) is 0 Å². The second kappa shape index (κ2) is 6.89. The Labute approximate surface area is 123 Å². The number of carbonyl (C=O) groups excluding carboxylic acids is 1. The van der Waals surface area contributed by atoms with Crippen molar-refractivity contribution in [3.8, 4) is 0 Å². The number of aryl methyl sites for hydroxylation is 1. The van der Waals surface area contributed by atoms with E-state index in [-0.39, 0.29) is 17.4 Å². The van der Waals surface area contributed by atoms with Gasteiger partial charge in [-0.15, -0.1) is 0 Å². The van der Waals surface area contributed by atoms with Crippen LogP contribution in [0.1, 0.15) is 45.2 Å². The van der Waals surface area contributed by atoms with Gasteiger partial charge in [0.15, 0.2) is 0 Å². The summed E-state index contributed by atoms with van der Waals surface area (Å²) in [5.74, 6) is 0.137. The average molecular weight is 276 g/mol. The van der Waals surface area contributed by atoms with E-state index in [0.29, 0.717) is 19.5 Å². The first-order chi connectivity index (χ1) is 9.25. The molecule has 1 amide bonds. The summed E-state index contributed by atoms with van der Waals surface area (Å²) in [6.07, 6.45) is 0.406. The molecule has 1 rings (SSSR count). The molecule has 1 aromatic carbocycles. The molecule has 0 aliphatic heterocycles. The van der Waals surface area contributed by atoms with Gasteiger partial charge in [0.05, 0.1) is 0 Å². The lowest BCUT2D eigenvalue weighted by molar-refractivity contribution is -0.132. The third-order valence-corrected chi connectivity index (χ3v) is 3.86.